The Morgan fingerprint density at radius 3 is 2.71 bits per heavy atom. The third-order valence-corrected chi connectivity index (χ3v) is 4.26. The molecule has 5 nitrogen and oxygen atoms in total. The third-order valence-electron chi connectivity index (χ3n) is 4.26. The van der Waals surface area contributed by atoms with E-state index in [4.69, 9.17) is 0 Å². The van der Waals surface area contributed by atoms with E-state index in [1.165, 1.54) is 12.8 Å². The molecule has 0 radical (unpaired) electrons. The number of rotatable bonds is 4. The first-order valence-electron chi connectivity index (χ1n) is 7.12. The van der Waals surface area contributed by atoms with Crippen molar-refractivity contribution in [1.29, 1.82) is 0 Å². The first kappa shape index (κ1) is 14.2. The molecule has 21 heavy (non-hydrogen) atoms. The molecule has 2 fully saturated rings. The number of likely N-dealkylation sites (tertiary alicyclic amines) is 1. The third kappa shape index (κ3) is 2.70. The van der Waals surface area contributed by atoms with Crippen molar-refractivity contribution in [2.24, 2.45) is 0 Å². The molecule has 0 bridgehead atoms. The van der Waals surface area contributed by atoms with Gasteiger partial charge in [0, 0.05) is 30.7 Å². The highest BCUT2D eigenvalue weighted by Crippen LogP contribution is 2.36. The number of benzene rings is 1. The molecule has 2 atom stereocenters. The summed E-state index contributed by atoms with van der Waals surface area (Å²) in [5.74, 6) is -2.25. The first-order chi connectivity index (χ1) is 9.97. The van der Waals surface area contributed by atoms with E-state index in [-0.39, 0.29) is 11.7 Å². The number of anilines is 1. The number of halogens is 2. The minimum absolute atomic E-state index is 0.101. The second-order valence-electron chi connectivity index (χ2n) is 5.87. The van der Waals surface area contributed by atoms with Gasteiger partial charge < -0.3 is 5.32 Å². The Labute approximate surface area is 121 Å². The Morgan fingerprint density at radius 1 is 1.38 bits per heavy atom. The van der Waals surface area contributed by atoms with Crippen LogP contribution in [0.5, 0.6) is 0 Å². The SMILES string of the molecule is CC1CC(Nc2c([N+](=O)[O-])ccc(F)c2F)CN1C1CC1. The van der Waals surface area contributed by atoms with Crippen LogP contribution in [0, 0.1) is 21.7 Å². The topological polar surface area (TPSA) is 58.4 Å². The lowest BCUT2D eigenvalue weighted by Crippen LogP contribution is -2.31. The van der Waals surface area contributed by atoms with Crippen LogP contribution < -0.4 is 5.32 Å². The molecule has 7 heteroatoms. The highest BCUT2D eigenvalue weighted by Gasteiger charge is 2.39. The van der Waals surface area contributed by atoms with E-state index < -0.39 is 22.2 Å². The van der Waals surface area contributed by atoms with Gasteiger partial charge in [0.25, 0.3) is 5.69 Å². The molecule has 1 aromatic carbocycles. The van der Waals surface area contributed by atoms with Crippen LogP contribution in [-0.2, 0) is 0 Å². The van der Waals surface area contributed by atoms with Crippen LogP contribution in [0.3, 0.4) is 0 Å². The lowest BCUT2D eigenvalue weighted by molar-refractivity contribution is -0.384. The number of nitrogens with zero attached hydrogens (tertiary/aromatic N) is 2. The molecule has 1 aliphatic carbocycles. The summed E-state index contributed by atoms with van der Waals surface area (Å²) in [5, 5.41) is 13.8. The average molecular weight is 297 g/mol. The zero-order chi connectivity index (χ0) is 15.1. The molecule has 0 amide bonds. The van der Waals surface area contributed by atoms with Crippen molar-refractivity contribution in [3.05, 3.63) is 33.9 Å². The zero-order valence-corrected chi connectivity index (χ0v) is 11.7. The van der Waals surface area contributed by atoms with E-state index in [0.29, 0.717) is 18.6 Å². The largest absolute Gasteiger partial charge is 0.373 e. The lowest BCUT2D eigenvalue weighted by atomic mass is 10.1. The van der Waals surface area contributed by atoms with Crippen molar-refractivity contribution in [2.75, 3.05) is 11.9 Å². The number of nitro benzene ring substituents is 1. The fraction of sp³-hybridized carbons (Fsp3) is 0.571. The summed E-state index contributed by atoms with van der Waals surface area (Å²) in [7, 11) is 0. The van der Waals surface area contributed by atoms with Crippen molar-refractivity contribution < 1.29 is 13.7 Å². The monoisotopic (exact) mass is 297 g/mol. The fourth-order valence-electron chi connectivity index (χ4n) is 3.11. The van der Waals surface area contributed by atoms with Crippen molar-refractivity contribution in [3.63, 3.8) is 0 Å². The van der Waals surface area contributed by atoms with Gasteiger partial charge in [0.2, 0.25) is 0 Å². The maximum absolute atomic E-state index is 13.9. The van der Waals surface area contributed by atoms with Gasteiger partial charge in [-0.05, 0) is 32.3 Å². The summed E-state index contributed by atoms with van der Waals surface area (Å²) < 4.78 is 27.2. The standard InChI is InChI=1S/C14H17F2N3O2/c1-8-6-9(7-18(8)10-2-3-10)17-14-12(19(20)21)5-4-11(15)13(14)16/h4-5,8-10,17H,2-3,6-7H2,1H3. The van der Waals surface area contributed by atoms with E-state index in [2.05, 4.69) is 17.1 Å². The maximum atomic E-state index is 13.9. The van der Waals surface area contributed by atoms with Crippen LogP contribution in [0.1, 0.15) is 26.2 Å². The molecular weight excluding hydrogens is 280 g/mol. The maximum Gasteiger partial charge on any atom is 0.295 e. The van der Waals surface area contributed by atoms with Crippen LogP contribution in [0.15, 0.2) is 12.1 Å². The lowest BCUT2D eigenvalue weighted by Gasteiger charge is -2.20. The van der Waals surface area contributed by atoms with E-state index in [1.54, 1.807) is 0 Å². The molecule has 0 spiro atoms. The molecule has 1 saturated carbocycles. The Morgan fingerprint density at radius 2 is 2.10 bits per heavy atom. The van der Waals surface area contributed by atoms with Gasteiger partial charge in [-0.3, -0.25) is 15.0 Å². The molecule has 114 valence electrons. The summed E-state index contributed by atoms with van der Waals surface area (Å²) in [6.07, 6.45) is 3.11. The quantitative estimate of drug-likeness (QED) is 0.686. The molecule has 1 aliphatic heterocycles. The van der Waals surface area contributed by atoms with E-state index in [9.17, 15) is 18.9 Å². The smallest absolute Gasteiger partial charge is 0.295 e. The normalized spacial score (nSPS) is 26.0. The second-order valence-corrected chi connectivity index (χ2v) is 5.87. The van der Waals surface area contributed by atoms with Crippen molar-refractivity contribution in [3.8, 4) is 0 Å². The van der Waals surface area contributed by atoms with Gasteiger partial charge in [-0.2, -0.15) is 0 Å². The Hall–Kier alpha value is -1.76. The van der Waals surface area contributed by atoms with Crippen LogP contribution in [-0.4, -0.2) is 34.5 Å². The summed E-state index contributed by atoms with van der Waals surface area (Å²) >= 11 is 0. The number of nitro groups is 1. The van der Waals surface area contributed by atoms with Gasteiger partial charge in [-0.15, -0.1) is 0 Å². The molecule has 1 saturated heterocycles. The van der Waals surface area contributed by atoms with E-state index in [1.807, 2.05) is 0 Å². The van der Waals surface area contributed by atoms with Gasteiger partial charge in [-0.25, -0.2) is 8.78 Å². The minimum atomic E-state index is -1.18. The van der Waals surface area contributed by atoms with Crippen molar-refractivity contribution in [1.82, 2.24) is 4.90 Å². The summed E-state index contributed by atoms with van der Waals surface area (Å²) in [4.78, 5) is 12.6. The molecule has 2 aliphatic rings. The highest BCUT2D eigenvalue weighted by molar-refractivity contribution is 5.63. The number of hydrogen-bond donors (Lipinski definition) is 1. The van der Waals surface area contributed by atoms with Gasteiger partial charge in [0.1, 0.15) is 0 Å². The number of hydrogen-bond acceptors (Lipinski definition) is 4. The summed E-state index contributed by atoms with van der Waals surface area (Å²) in [6.45, 7) is 2.80. The summed E-state index contributed by atoms with van der Waals surface area (Å²) in [6, 6.07) is 2.62. The van der Waals surface area contributed by atoms with Gasteiger partial charge >= 0.3 is 0 Å². The molecule has 1 N–H and O–H groups in total. The van der Waals surface area contributed by atoms with E-state index in [0.717, 1.165) is 18.6 Å². The van der Waals surface area contributed by atoms with E-state index >= 15 is 0 Å². The minimum Gasteiger partial charge on any atom is -0.373 e. The molecular formula is C14H17F2N3O2. The van der Waals surface area contributed by atoms with Gasteiger partial charge in [-0.1, -0.05) is 0 Å². The van der Waals surface area contributed by atoms with Crippen LogP contribution >= 0.6 is 0 Å². The molecule has 2 unspecified atom stereocenters. The molecule has 1 aromatic rings. The van der Waals surface area contributed by atoms with Crippen LogP contribution in [0.25, 0.3) is 0 Å². The van der Waals surface area contributed by atoms with Crippen LogP contribution in [0.2, 0.25) is 0 Å². The fourth-order valence-corrected chi connectivity index (χ4v) is 3.11. The van der Waals surface area contributed by atoms with Crippen molar-refractivity contribution >= 4 is 11.4 Å². The molecule has 1 heterocycles. The van der Waals surface area contributed by atoms with Gasteiger partial charge in [0.15, 0.2) is 17.3 Å². The Kier molecular flexibility index (Phi) is 3.52. The van der Waals surface area contributed by atoms with Crippen LogP contribution in [0.4, 0.5) is 20.2 Å². The summed E-state index contributed by atoms with van der Waals surface area (Å²) in [5.41, 5.74) is -0.763. The Bertz CT molecular complexity index is 578. The Balaban J connectivity index is 1.81. The average Bonchev–Trinajstić information content (AvgIpc) is 3.19. The molecule has 0 aromatic heterocycles. The van der Waals surface area contributed by atoms with Crippen molar-refractivity contribution in [2.45, 2.75) is 44.3 Å². The zero-order valence-electron chi connectivity index (χ0n) is 11.7. The molecule has 3 rings (SSSR count). The predicted octanol–water partition coefficient (Wildman–Crippen LogP) is 2.91. The second kappa shape index (κ2) is 5.22. The predicted molar refractivity (Wildman–Crippen MR) is 74.2 cm³/mol. The first-order valence-corrected chi connectivity index (χ1v) is 7.12. The highest BCUT2D eigenvalue weighted by atomic mass is 19.2. The number of nitrogens with one attached hydrogen (secondary N) is 1. The van der Waals surface area contributed by atoms with Gasteiger partial charge in [0.05, 0.1) is 4.92 Å².